The number of rotatable bonds is 4. The topological polar surface area (TPSA) is 54.2 Å². The summed E-state index contributed by atoms with van der Waals surface area (Å²) >= 11 is 0. The van der Waals surface area contributed by atoms with Crippen LogP contribution in [0.1, 0.15) is 23.0 Å². The third-order valence-electron chi connectivity index (χ3n) is 4.74. The fourth-order valence-electron chi connectivity index (χ4n) is 3.27. The van der Waals surface area contributed by atoms with E-state index in [0.717, 1.165) is 37.4 Å². The number of hydrogen-bond acceptors (Lipinski definition) is 5. The summed E-state index contributed by atoms with van der Waals surface area (Å²) in [6, 6.07) is 18.8. The van der Waals surface area contributed by atoms with E-state index in [2.05, 4.69) is 64.9 Å². The van der Waals surface area contributed by atoms with Gasteiger partial charge in [0.05, 0.1) is 6.04 Å². The number of likely N-dealkylation sites (N-methyl/N-ethyl adjacent to an activating group) is 1. The van der Waals surface area contributed by atoms with Gasteiger partial charge < -0.3 is 9.84 Å². The highest BCUT2D eigenvalue weighted by atomic mass is 16.5. The van der Waals surface area contributed by atoms with Gasteiger partial charge >= 0.3 is 0 Å². The molecule has 1 aromatic heterocycles. The van der Waals surface area contributed by atoms with Crippen LogP contribution < -0.4 is 5.32 Å². The molecule has 1 saturated heterocycles. The second kappa shape index (κ2) is 7.17. The molecule has 1 aliphatic heterocycles. The molecule has 1 N–H and O–H groups in total. The molecule has 0 bridgehead atoms. The Hall–Kier alpha value is -2.50. The van der Waals surface area contributed by atoms with Gasteiger partial charge in [0, 0.05) is 25.2 Å². The fourth-order valence-corrected chi connectivity index (χ4v) is 3.27. The van der Waals surface area contributed by atoms with Gasteiger partial charge in [0.15, 0.2) is 5.82 Å². The Morgan fingerprint density at radius 2 is 1.92 bits per heavy atom. The largest absolute Gasteiger partial charge is 0.334 e. The van der Waals surface area contributed by atoms with Crippen molar-refractivity contribution >= 4 is 0 Å². The maximum absolute atomic E-state index is 5.62. The van der Waals surface area contributed by atoms with E-state index in [4.69, 9.17) is 9.51 Å². The maximum Gasteiger partial charge on any atom is 0.258 e. The summed E-state index contributed by atoms with van der Waals surface area (Å²) in [6.07, 6.45) is 0.847. The van der Waals surface area contributed by atoms with E-state index in [1.165, 1.54) is 11.1 Å². The van der Waals surface area contributed by atoms with Gasteiger partial charge in [-0.25, -0.2) is 0 Å². The molecule has 128 valence electrons. The zero-order chi connectivity index (χ0) is 17.1. The average Bonchev–Trinajstić information content (AvgIpc) is 3.13. The van der Waals surface area contributed by atoms with Crippen molar-refractivity contribution in [3.05, 3.63) is 71.5 Å². The van der Waals surface area contributed by atoms with E-state index < -0.39 is 0 Å². The van der Waals surface area contributed by atoms with Crippen molar-refractivity contribution in [1.29, 1.82) is 0 Å². The minimum Gasteiger partial charge on any atom is -0.334 e. The molecule has 0 aliphatic carbocycles. The molecule has 25 heavy (non-hydrogen) atoms. The van der Waals surface area contributed by atoms with Crippen LogP contribution in [-0.2, 0) is 6.42 Å². The molecule has 1 fully saturated rings. The number of aromatic nitrogens is 2. The van der Waals surface area contributed by atoms with Gasteiger partial charge in [-0.1, -0.05) is 53.7 Å². The van der Waals surface area contributed by atoms with Crippen molar-refractivity contribution in [2.75, 3.05) is 26.7 Å². The van der Waals surface area contributed by atoms with Crippen molar-refractivity contribution in [3.63, 3.8) is 0 Å². The first-order valence-corrected chi connectivity index (χ1v) is 8.68. The Bertz CT molecular complexity index is 830. The van der Waals surface area contributed by atoms with E-state index in [9.17, 15) is 0 Å². The molecular weight excluding hydrogens is 312 g/mol. The Morgan fingerprint density at radius 1 is 1.12 bits per heavy atom. The molecule has 2 heterocycles. The van der Waals surface area contributed by atoms with Crippen LogP contribution in [0.5, 0.6) is 0 Å². The van der Waals surface area contributed by atoms with E-state index in [1.807, 2.05) is 12.1 Å². The predicted molar refractivity (Wildman–Crippen MR) is 97.2 cm³/mol. The summed E-state index contributed by atoms with van der Waals surface area (Å²) < 4.78 is 5.62. The molecule has 2 aromatic carbocycles. The molecule has 0 spiro atoms. The van der Waals surface area contributed by atoms with Gasteiger partial charge in [-0.2, -0.15) is 4.98 Å². The Labute approximate surface area is 147 Å². The minimum atomic E-state index is 0.160. The lowest BCUT2D eigenvalue weighted by Crippen LogP contribution is -2.44. The van der Waals surface area contributed by atoms with Gasteiger partial charge in [0.1, 0.15) is 0 Å². The summed E-state index contributed by atoms with van der Waals surface area (Å²) in [6.45, 7) is 2.83. The molecule has 5 heteroatoms. The molecule has 0 saturated carbocycles. The predicted octanol–water partition coefficient (Wildman–Crippen LogP) is 2.90. The third kappa shape index (κ3) is 3.48. The Kier molecular flexibility index (Phi) is 4.59. The lowest BCUT2D eigenvalue weighted by molar-refractivity contribution is 0.190. The highest BCUT2D eigenvalue weighted by Crippen LogP contribution is 2.26. The normalized spacial score (nSPS) is 18.4. The van der Waals surface area contributed by atoms with Crippen LogP contribution in [0, 0.1) is 0 Å². The van der Waals surface area contributed by atoms with Crippen molar-refractivity contribution in [2.24, 2.45) is 0 Å². The van der Waals surface area contributed by atoms with Crippen LogP contribution in [0.4, 0.5) is 0 Å². The Morgan fingerprint density at radius 3 is 2.76 bits per heavy atom. The Balaban J connectivity index is 1.62. The quantitative estimate of drug-likeness (QED) is 0.795. The van der Waals surface area contributed by atoms with E-state index in [1.54, 1.807) is 0 Å². The smallest absolute Gasteiger partial charge is 0.258 e. The van der Waals surface area contributed by atoms with Crippen LogP contribution in [0.25, 0.3) is 11.5 Å². The second-order valence-corrected chi connectivity index (χ2v) is 6.48. The average molecular weight is 334 g/mol. The first kappa shape index (κ1) is 16.0. The molecule has 4 rings (SSSR count). The van der Waals surface area contributed by atoms with E-state index in [-0.39, 0.29) is 6.04 Å². The third-order valence-corrected chi connectivity index (χ3v) is 4.74. The molecule has 0 amide bonds. The van der Waals surface area contributed by atoms with Crippen LogP contribution in [-0.4, -0.2) is 41.7 Å². The highest BCUT2D eigenvalue weighted by molar-refractivity contribution is 5.59. The highest BCUT2D eigenvalue weighted by Gasteiger charge is 2.25. The number of nitrogens with one attached hydrogen (secondary N) is 1. The van der Waals surface area contributed by atoms with Crippen molar-refractivity contribution in [2.45, 2.75) is 12.5 Å². The molecular formula is C20H22N4O. The number of hydrogen-bond donors (Lipinski definition) is 1. The minimum absolute atomic E-state index is 0.160. The van der Waals surface area contributed by atoms with Crippen LogP contribution in [0.2, 0.25) is 0 Å². The molecule has 5 nitrogen and oxygen atoms in total. The maximum atomic E-state index is 5.62. The van der Waals surface area contributed by atoms with Crippen molar-refractivity contribution < 1.29 is 4.52 Å². The first-order chi connectivity index (χ1) is 12.3. The number of benzene rings is 2. The fraction of sp³-hybridized carbons (Fsp3) is 0.300. The van der Waals surface area contributed by atoms with Gasteiger partial charge in [-0.15, -0.1) is 0 Å². The summed E-state index contributed by atoms with van der Waals surface area (Å²) in [5, 5.41) is 7.64. The van der Waals surface area contributed by atoms with Crippen LogP contribution in [0.15, 0.2) is 59.1 Å². The summed E-state index contributed by atoms with van der Waals surface area (Å²) in [5.74, 6) is 1.35. The summed E-state index contributed by atoms with van der Waals surface area (Å²) in [7, 11) is 2.10. The standard InChI is InChI=1S/C20H22N4O/c1-24-12-11-21-14-18(24)19-22-20(25-23-19)17-10-6-5-9-16(17)13-15-7-3-2-4-8-15/h2-10,18,21H,11-14H2,1H3. The monoisotopic (exact) mass is 334 g/mol. The molecule has 1 unspecified atom stereocenters. The van der Waals surface area contributed by atoms with E-state index >= 15 is 0 Å². The molecule has 0 radical (unpaired) electrons. The zero-order valence-electron chi connectivity index (χ0n) is 14.4. The second-order valence-electron chi connectivity index (χ2n) is 6.48. The first-order valence-electron chi connectivity index (χ1n) is 8.68. The lowest BCUT2D eigenvalue weighted by Gasteiger charge is -2.30. The van der Waals surface area contributed by atoms with Crippen molar-refractivity contribution in [3.8, 4) is 11.5 Å². The van der Waals surface area contributed by atoms with Crippen LogP contribution >= 0.6 is 0 Å². The number of nitrogens with zero attached hydrogens (tertiary/aromatic N) is 3. The summed E-state index contributed by atoms with van der Waals surface area (Å²) in [5.41, 5.74) is 3.47. The molecule has 1 atom stereocenters. The van der Waals surface area contributed by atoms with Gasteiger partial charge in [0.2, 0.25) is 0 Å². The lowest BCUT2D eigenvalue weighted by atomic mass is 10.00. The molecule has 3 aromatic rings. The molecule has 1 aliphatic rings. The zero-order valence-corrected chi connectivity index (χ0v) is 14.4. The van der Waals surface area contributed by atoms with Gasteiger partial charge in [-0.05, 0) is 30.7 Å². The van der Waals surface area contributed by atoms with Crippen LogP contribution in [0.3, 0.4) is 0 Å². The van der Waals surface area contributed by atoms with Gasteiger partial charge in [0.25, 0.3) is 5.89 Å². The number of piperazine rings is 1. The van der Waals surface area contributed by atoms with Crippen molar-refractivity contribution in [1.82, 2.24) is 20.4 Å². The summed E-state index contributed by atoms with van der Waals surface area (Å²) in [4.78, 5) is 6.96. The van der Waals surface area contributed by atoms with Gasteiger partial charge in [-0.3, -0.25) is 4.90 Å². The van der Waals surface area contributed by atoms with E-state index in [0.29, 0.717) is 5.89 Å². The SMILES string of the molecule is CN1CCNCC1c1noc(-c2ccccc2Cc2ccccc2)n1.